The number of H-pyrrole nitrogens is 1. The number of carbonyl (C=O) groups is 3. The summed E-state index contributed by atoms with van der Waals surface area (Å²) < 4.78 is 0. The molecule has 0 unspecified atom stereocenters. The van der Waals surface area contributed by atoms with Crippen molar-refractivity contribution in [1.82, 2.24) is 20.1 Å². The highest BCUT2D eigenvalue weighted by Gasteiger charge is 2.25. The van der Waals surface area contributed by atoms with Gasteiger partial charge >= 0.3 is 0 Å². The number of benzene rings is 2. The summed E-state index contributed by atoms with van der Waals surface area (Å²) in [6.45, 7) is 5.84. The Morgan fingerprint density at radius 3 is 2.31 bits per heavy atom. The van der Waals surface area contributed by atoms with Gasteiger partial charge in [-0.25, -0.2) is 0 Å². The van der Waals surface area contributed by atoms with E-state index in [4.69, 9.17) is 0 Å². The maximum atomic E-state index is 12.8. The van der Waals surface area contributed by atoms with Crippen LogP contribution in [0.1, 0.15) is 27.0 Å². The SMILES string of the molecule is Cc1ccc(C(=O)NCC(=O)N2CCN(C(=O)Cc3c[nH]c4ccccc34)CC2)cc1C. The number of amides is 3. The van der Waals surface area contributed by atoms with Gasteiger partial charge in [0, 0.05) is 48.8 Å². The molecule has 2 N–H and O–H groups in total. The number of fused-ring (bicyclic) bond motifs is 1. The van der Waals surface area contributed by atoms with Gasteiger partial charge in [-0.05, 0) is 48.7 Å². The standard InChI is InChI=1S/C25H28N4O3/c1-17-7-8-19(13-18(17)2)25(32)27-16-24(31)29-11-9-28(10-12-29)23(30)14-20-15-26-22-6-4-3-5-21(20)22/h3-8,13,15,26H,9-12,14,16H2,1-2H3,(H,27,32). The summed E-state index contributed by atoms with van der Waals surface area (Å²) in [6.07, 6.45) is 2.23. The average molecular weight is 433 g/mol. The lowest BCUT2D eigenvalue weighted by Crippen LogP contribution is -2.52. The molecule has 0 saturated carbocycles. The molecular weight excluding hydrogens is 404 g/mol. The Balaban J connectivity index is 1.25. The molecule has 0 aliphatic carbocycles. The second-order valence-corrected chi connectivity index (χ2v) is 8.28. The van der Waals surface area contributed by atoms with Crippen molar-refractivity contribution in [3.63, 3.8) is 0 Å². The lowest BCUT2D eigenvalue weighted by atomic mass is 10.1. The van der Waals surface area contributed by atoms with Crippen molar-refractivity contribution in [3.05, 3.63) is 70.9 Å². The number of nitrogens with zero attached hydrogens (tertiary/aromatic N) is 2. The van der Waals surface area contributed by atoms with Crippen LogP contribution in [0.15, 0.2) is 48.7 Å². The topological polar surface area (TPSA) is 85.5 Å². The lowest BCUT2D eigenvalue weighted by molar-refractivity contribution is -0.138. The number of aryl methyl sites for hydroxylation is 2. The Bertz CT molecular complexity index is 1160. The second-order valence-electron chi connectivity index (χ2n) is 8.28. The molecule has 1 aromatic heterocycles. The number of piperazine rings is 1. The van der Waals surface area contributed by atoms with Crippen molar-refractivity contribution in [2.75, 3.05) is 32.7 Å². The van der Waals surface area contributed by atoms with Crippen molar-refractivity contribution >= 4 is 28.6 Å². The molecule has 1 fully saturated rings. The number of rotatable bonds is 5. The van der Waals surface area contributed by atoms with Crippen LogP contribution in [0.4, 0.5) is 0 Å². The van der Waals surface area contributed by atoms with Crippen LogP contribution >= 0.6 is 0 Å². The van der Waals surface area contributed by atoms with E-state index in [9.17, 15) is 14.4 Å². The van der Waals surface area contributed by atoms with E-state index in [1.807, 2.05) is 56.4 Å². The summed E-state index contributed by atoms with van der Waals surface area (Å²) in [5.41, 5.74) is 4.72. The van der Waals surface area contributed by atoms with Crippen LogP contribution in [0.3, 0.4) is 0 Å². The van der Waals surface area contributed by atoms with E-state index in [1.165, 1.54) is 0 Å². The zero-order valence-electron chi connectivity index (χ0n) is 18.5. The van der Waals surface area contributed by atoms with Gasteiger partial charge in [-0.3, -0.25) is 14.4 Å². The van der Waals surface area contributed by atoms with Crippen molar-refractivity contribution in [3.8, 4) is 0 Å². The van der Waals surface area contributed by atoms with Crippen LogP contribution in [0.5, 0.6) is 0 Å². The van der Waals surface area contributed by atoms with E-state index in [0.717, 1.165) is 27.6 Å². The third-order valence-electron chi connectivity index (χ3n) is 6.17. The fourth-order valence-corrected chi connectivity index (χ4v) is 4.01. The number of para-hydroxylation sites is 1. The summed E-state index contributed by atoms with van der Waals surface area (Å²) in [4.78, 5) is 44.4. The molecule has 2 heterocycles. The third kappa shape index (κ3) is 4.66. The van der Waals surface area contributed by atoms with Crippen LogP contribution in [0.25, 0.3) is 10.9 Å². The first kappa shape index (κ1) is 21.6. The normalized spacial score (nSPS) is 13.9. The molecule has 32 heavy (non-hydrogen) atoms. The number of aromatic amines is 1. The quantitative estimate of drug-likeness (QED) is 0.649. The lowest BCUT2D eigenvalue weighted by Gasteiger charge is -2.35. The molecule has 7 nitrogen and oxygen atoms in total. The van der Waals surface area contributed by atoms with Gasteiger partial charge in [0.25, 0.3) is 5.91 Å². The number of carbonyl (C=O) groups excluding carboxylic acids is 3. The predicted molar refractivity (Wildman–Crippen MR) is 123 cm³/mol. The predicted octanol–water partition coefficient (Wildman–Crippen LogP) is 2.43. The smallest absolute Gasteiger partial charge is 0.251 e. The molecule has 7 heteroatoms. The molecule has 1 aliphatic heterocycles. The van der Waals surface area contributed by atoms with Crippen molar-refractivity contribution in [1.29, 1.82) is 0 Å². The maximum Gasteiger partial charge on any atom is 0.251 e. The Labute approximate surface area is 187 Å². The van der Waals surface area contributed by atoms with Gasteiger partial charge in [0.15, 0.2) is 0 Å². The Morgan fingerprint density at radius 2 is 1.59 bits per heavy atom. The number of aromatic nitrogens is 1. The fourth-order valence-electron chi connectivity index (χ4n) is 4.01. The summed E-state index contributed by atoms with van der Waals surface area (Å²) in [5.74, 6) is -0.329. The molecule has 2 aromatic carbocycles. The first-order chi connectivity index (χ1) is 15.4. The van der Waals surface area contributed by atoms with Gasteiger partial charge in [0.05, 0.1) is 13.0 Å². The second kappa shape index (κ2) is 9.26. The van der Waals surface area contributed by atoms with Crippen LogP contribution in [-0.4, -0.2) is 65.2 Å². The summed E-state index contributed by atoms with van der Waals surface area (Å²) in [7, 11) is 0. The van der Waals surface area contributed by atoms with Gasteiger partial charge in [-0.1, -0.05) is 24.3 Å². The summed E-state index contributed by atoms with van der Waals surface area (Å²) >= 11 is 0. The van der Waals surface area contributed by atoms with Crippen LogP contribution in [-0.2, 0) is 16.0 Å². The molecule has 3 amide bonds. The zero-order chi connectivity index (χ0) is 22.7. The first-order valence-electron chi connectivity index (χ1n) is 10.9. The van der Waals surface area contributed by atoms with E-state index in [-0.39, 0.29) is 24.3 Å². The number of nitrogens with one attached hydrogen (secondary N) is 2. The highest BCUT2D eigenvalue weighted by atomic mass is 16.2. The first-order valence-corrected chi connectivity index (χ1v) is 10.9. The minimum Gasteiger partial charge on any atom is -0.361 e. The van der Waals surface area contributed by atoms with Gasteiger partial charge in [-0.15, -0.1) is 0 Å². The van der Waals surface area contributed by atoms with Crippen LogP contribution < -0.4 is 5.32 Å². The van der Waals surface area contributed by atoms with Crippen molar-refractivity contribution < 1.29 is 14.4 Å². The van der Waals surface area contributed by atoms with Gasteiger partial charge in [0.2, 0.25) is 11.8 Å². The van der Waals surface area contributed by atoms with Crippen LogP contribution in [0.2, 0.25) is 0 Å². The van der Waals surface area contributed by atoms with Crippen molar-refractivity contribution in [2.24, 2.45) is 0 Å². The van der Waals surface area contributed by atoms with Crippen molar-refractivity contribution in [2.45, 2.75) is 20.3 Å². The summed E-state index contributed by atoms with van der Waals surface area (Å²) in [5, 5.41) is 3.77. The highest BCUT2D eigenvalue weighted by Crippen LogP contribution is 2.19. The van der Waals surface area contributed by atoms with Gasteiger partial charge in [0.1, 0.15) is 0 Å². The van der Waals surface area contributed by atoms with E-state index >= 15 is 0 Å². The minimum absolute atomic E-state index is 0.0466. The molecule has 4 rings (SSSR count). The molecule has 3 aromatic rings. The Morgan fingerprint density at radius 1 is 0.906 bits per heavy atom. The molecular formula is C25H28N4O3. The minimum atomic E-state index is -0.256. The largest absolute Gasteiger partial charge is 0.361 e. The monoisotopic (exact) mass is 432 g/mol. The van der Waals surface area contributed by atoms with Gasteiger partial charge < -0.3 is 20.1 Å². The average Bonchev–Trinajstić information content (AvgIpc) is 3.22. The number of hydrogen-bond acceptors (Lipinski definition) is 3. The Kier molecular flexibility index (Phi) is 6.25. The third-order valence-corrected chi connectivity index (χ3v) is 6.17. The molecule has 0 spiro atoms. The zero-order valence-corrected chi connectivity index (χ0v) is 18.5. The molecule has 0 radical (unpaired) electrons. The summed E-state index contributed by atoms with van der Waals surface area (Å²) in [6, 6.07) is 13.4. The molecule has 166 valence electrons. The van der Waals surface area contributed by atoms with E-state index < -0.39 is 0 Å². The molecule has 0 atom stereocenters. The maximum absolute atomic E-state index is 12.8. The van der Waals surface area contributed by atoms with Crippen LogP contribution in [0, 0.1) is 13.8 Å². The fraction of sp³-hybridized carbons (Fsp3) is 0.320. The van der Waals surface area contributed by atoms with E-state index in [2.05, 4.69) is 10.3 Å². The van der Waals surface area contributed by atoms with E-state index in [0.29, 0.717) is 38.2 Å². The molecule has 0 bridgehead atoms. The van der Waals surface area contributed by atoms with E-state index in [1.54, 1.807) is 15.9 Å². The molecule has 1 aliphatic rings. The molecule has 1 saturated heterocycles. The number of hydrogen-bond donors (Lipinski definition) is 2. The van der Waals surface area contributed by atoms with Gasteiger partial charge in [-0.2, -0.15) is 0 Å². The highest BCUT2D eigenvalue weighted by molar-refractivity contribution is 5.96. The Hall–Kier alpha value is -3.61.